The molecule has 0 amide bonds. The summed E-state index contributed by atoms with van der Waals surface area (Å²) in [7, 11) is 0. The van der Waals surface area contributed by atoms with E-state index in [0.717, 1.165) is 18.7 Å². The van der Waals surface area contributed by atoms with Gasteiger partial charge in [0.05, 0.1) is 6.54 Å². The van der Waals surface area contributed by atoms with E-state index < -0.39 is 0 Å². The Morgan fingerprint density at radius 3 is 2.29 bits per heavy atom. The molecule has 0 saturated heterocycles. The van der Waals surface area contributed by atoms with Gasteiger partial charge in [-0.05, 0) is 63.7 Å². The first-order chi connectivity index (χ1) is 15.0. The lowest BCUT2D eigenvalue weighted by Crippen LogP contribution is -2.17. The molecule has 0 fully saturated rings. The van der Waals surface area contributed by atoms with Crippen molar-refractivity contribution in [1.82, 2.24) is 4.57 Å². The molecule has 4 aromatic rings. The smallest absolute Gasteiger partial charge is 0.120 e. The van der Waals surface area contributed by atoms with E-state index in [1.54, 1.807) is 0 Å². The predicted octanol–water partition coefficient (Wildman–Crippen LogP) is 8.44. The highest BCUT2D eigenvalue weighted by Crippen LogP contribution is 2.38. The molecule has 1 aromatic heterocycles. The van der Waals surface area contributed by atoms with E-state index in [2.05, 4.69) is 105 Å². The van der Waals surface area contributed by atoms with Crippen molar-refractivity contribution in [3.63, 3.8) is 0 Å². The van der Waals surface area contributed by atoms with Crippen LogP contribution in [0, 0.1) is 5.41 Å². The second-order valence-corrected chi connectivity index (χ2v) is 9.01. The van der Waals surface area contributed by atoms with E-state index in [0.29, 0.717) is 12.5 Å². The van der Waals surface area contributed by atoms with Crippen molar-refractivity contribution in [1.29, 1.82) is 0 Å². The molecule has 0 saturated carbocycles. The highest BCUT2D eigenvalue weighted by molar-refractivity contribution is 5.84. The Morgan fingerprint density at radius 2 is 1.55 bits per heavy atom. The molecule has 0 aliphatic heterocycles. The number of para-hydroxylation sites is 1. The summed E-state index contributed by atoms with van der Waals surface area (Å²) in [6.45, 7) is 14.8. The van der Waals surface area contributed by atoms with Crippen LogP contribution in [0.15, 0.2) is 72.9 Å². The van der Waals surface area contributed by atoms with Crippen LogP contribution in [0.5, 0.6) is 5.75 Å². The summed E-state index contributed by atoms with van der Waals surface area (Å²) in [4.78, 5) is 0. The zero-order chi connectivity index (χ0) is 22.4. The molecule has 4 rings (SSSR count). The number of fused-ring (bicyclic) bond motifs is 2. The van der Waals surface area contributed by atoms with Gasteiger partial charge in [-0.1, -0.05) is 84.0 Å². The van der Waals surface area contributed by atoms with Gasteiger partial charge in [0.25, 0.3) is 0 Å². The maximum atomic E-state index is 6.07. The summed E-state index contributed by atoms with van der Waals surface area (Å²) in [6, 6.07) is 23.9. The third kappa shape index (κ3) is 5.31. The number of rotatable bonds is 6. The lowest BCUT2D eigenvalue weighted by Gasteiger charge is -2.30. The Bertz CT molecular complexity index is 1120. The van der Waals surface area contributed by atoms with Crippen LogP contribution >= 0.6 is 0 Å². The van der Waals surface area contributed by atoms with E-state index in [9.17, 15) is 0 Å². The monoisotopic (exact) mass is 415 g/mol. The van der Waals surface area contributed by atoms with Gasteiger partial charge >= 0.3 is 0 Å². The van der Waals surface area contributed by atoms with Gasteiger partial charge < -0.3 is 9.30 Å². The fourth-order valence-electron chi connectivity index (χ4n) is 4.49. The Kier molecular flexibility index (Phi) is 7.43. The van der Waals surface area contributed by atoms with Gasteiger partial charge in [-0.3, -0.25) is 0 Å². The molecule has 1 unspecified atom stereocenters. The first-order valence-electron chi connectivity index (χ1n) is 11.7. The number of hydrogen-bond acceptors (Lipinski definition) is 1. The molecule has 31 heavy (non-hydrogen) atoms. The molecule has 0 aliphatic rings. The van der Waals surface area contributed by atoms with Gasteiger partial charge in [0.1, 0.15) is 12.4 Å². The molecule has 2 heteroatoms. The first kappa shape index (κ1) is 22.9. The van der Waals surface area contributed by atoms with E-state index >= 15 is 0 Å². The first-order valence-corrected chi connectivity index (χ1v) is 11.7. The predicted molar refractivity (Wildman–Crippen MR) is 135 cm³/mol. The number of aromatic nitrogens is 1. The van der Waals surface area contributed by atoms with Gasteiger partial charge in [-0.2, -0.15) is 0 Å². The average molecular weight is 416 g/mol. The molecule has 3 aromatic carbocycles. The Hall–Kier alpha value is -2.74. The zero-order valence-electron chi connectivity index (χ0n) is 20.0. The van der Waals surface area contributed by atoms with Gasteiger partial charge in [0.2, 0.25) is 0 Å². The minimum Gasteiger partial charge on any atom is -0.492 e. The highest BCUT2D eigenvalue weighted by atomic mass is 16.5. The van der Waals surface area contributed by atoms with Gasteiger partial charge in [-0.25, -0.2) is 0 Å². The van der Waals surface area contributed by atoms with Crippen LogP contribution in [0.2, 0.25) is 0 Å². The molecule has 1 atom stereocenters. The SMILES string of the molecule is CC.CCC(c1ccc2cc(OCCn3ccc4ccccc43)ccc2c1)C(C)(C)C. The molecule has 2 nitrogen and oxygen atoms in total. The van der Waals surface area contributed by atoms with Gasteiger partial charge in [0.15, 0.2) is 0 Å². The molecule has 1 heterocycles. The second-order valence-electron chi connectivity index (χ2n) is 9.01. The van der Waals surface area contributed by atoms with Crippen LogP contribution in [0.1, 0.15) is 59.4 Å². The standard InChI is InChI=1S/C27H31NO.C2H6/c1-5-25(27(2,3)4)23-11-10-22-19-24(13-12-21(22)18-23)29-17-16-28-15-14-20-8-6-7-9-26(20)28;1-2/h6-15,18-19,25H,5,16-17H2,1-4H3;1-2H3. The van der Waals surface area contributed by atoms with Crippen LogP contribution in [0.3, 0.4) is 0 Å². The normalized spacial score (nSPS) is 12.5. The summed E-state index contributed by atoms with van der Waals surface area (Å²) >= 11 is 0. The summed E-state index contributed by atoms with van der Waals surface area (Å²) < 4.78 is 8.32. The largest absolute Gasteiger partial charge is 0.492 e. The minimum atomic E-state index is 0.272. The molecule has 0 spiro atoms. The van der Waals surface area contributed by atoms with Crippen molar-refractivity contribution >= 4 is 21.7 Å². The third-order valence-electron chi connectivity index (χ3n) is 5.97. The van der Waals surface area contributed by atoms with Crippen LogP contribution in [0.4, 0.5) is 0 Å². The van der Waals surface area contributed by atoms with Crippen LogP contribution < -0.4 is 4.74 Å². The van der Waals surface area contributed by atoms with Crippen molar-refractivity contribution in [2.24, 2.45) is 5.41 Å². The number of nitrogens with zero attached hydrogens (tertiary/aromatic N) is 1. The second kappa shape index (κ2) is 10.0. The molecule has 0 bridgehead atoms. The number of ether oxygens (including phenoxy) is 1. The average Bonchev–Trinajstić information content (AvgIpc) is 3.18. The van der Waals surface area contributed by atoms with E-state index in [-0.39, 0.29) is 5.41 Å². The lowest BCUT2D eigenvalue weighted by atomic mass is 9.75. The Labute approximate surface area is 187 Å². The van der Waals surface area contributed by atoms with E-state index in [1.807, 2.05) is 13.8 Å². The third-order valence-corrected chi connectivity index (χ3v) is 5.97. The van der Waals surface area contributed by atoms with Crippen molar-refractivity contribution in [3.05, 3.63) is 78.5 Å². The number of hydrogen-bond donors (Lipinski definition) is 0. The summed E-state index contributed by atoms with van der Waals surface area (Å²) in [6.07, 6.45) is 3.29. The quantitative estimate of drug-likeness (QED) is 0.308. The minimum absolute atomic E-state index is 0.272. The Balaban J connectivity index is 0.00000132. The topological polar surface area (TPSA) is 14.2 Å². The van der Waals surface area contributed by atoms with Crippen LogP contribution in [0.25, 0.3) is 21.7 Å². The van der Waals surface area contributed by atoms with E-state index in [4.69, 9.17) is 4.74 Å². The van der Waals surface area contributed by atoms with Crippen molar-refractivity contribution in [2.45, 2.75) is 60.4 Å². The molecule has 0 aliphatic carbocycles. The maximum absolute atomic E-state index is 6.07. The van der Waals surface area contributed by atoms with E-state index in [1.165, 1.54) is 27.2 Å². The Morgan fingerprint density at radius 1 is 0.839 bits per heavy atom. The van der Waals surface area contributed by atoms with Crippen molar-refractivity contribution < 1.29 is 4.74 Å². The molecule has 0 N–H and O–H groups in total. The maximum Gasteiger partial charge on any atom is 0.120 e. The van der Waals surface area contributed by atoms with Gasteiger partial charge in [0, 0.05) is 11.7 Å². The molecular weight excluding hydrogens is 378 g/mol. The van der Waals surface area contributed by atoms with Gasteiger partial charge in [-0.15, -0.1) is 0 Å². The van der Waals surface area contributed by atoms with Crippen LogP contribution in [-0.2, 0) is 6.54 Å². The molecular formula is C29H37NO. The fraction of sp³-hybridized carbons (Fsp3) is 0.379. The van der Waals surface area contributed by atoms with Crippen molar-refractivity contribution in [3.8, 4) is 5.75 Å². The number of benzene rings is 3. The summed E-state index contributed by atoms with van der Waals surface area (Å²) in [5, 5.41) is 3.80. The lowest BCUT2D eigenvalue weighted by molar-refractivity contribution is 0.301. The summed E-state index contributed by atoms with van der Waals surface area (Å²) in [5.74, 6) is 1.50. The highest BCUT2D eigenvalue weighted by Gasteiger charge is 2.24. The molecule has 164 valence electrons. The van der Waals surface area contributed by atoms with Crippen LogP contribution in [-0.4, -0.2) is 11.2 Å². The summed E-state index contributed by atoms with van der Waals surface area (Å²) in [5.41, 5.74) is 2.96. The zero-order valence-corrected chi connectivity index (χ0v) is 20.0. The molecule has 0 radical (unpaired) electrons. The van der Waals surface area contributed by atoms with Crippen molar-refractivity contribution in [2.75, 3.05) is 6.61 Å². The fourth-order valence-corrected chi connectivity index (χ4v) is 4.49.